The zero-order valence-electron chi connectivity index (χ0n) is 11.0. The molecule has 0 aromatic carbocycles. The Labute approximate surface area is 121 Å². The van der Waals surface area contributed by atoms with Crippen molar-refractivity contribution in [2.75, 3.05) is 26.7 Å². The summed E-state index contributed by atoms with van der Waals surface area (Å²) in [5.74, 6) is 0. The predicted octanol–water partition coefficient (Wildman–Crippen LogP) is 1.45. The molecule has 20 heavy (non-hydrogen) atoms. The zero-order valence-corrected chi connectivity index (χ0v) is 11.8. The molecule has 1 aliphatic rings. The Balaban J connectivity index is 1.98. The molecule has 1 aliphatic heterocycles. The second-order valence-corrected chi connectivity index (χ2v) is 4.96. The molecule has 1 unspecified atom stereocenters. The lowest BCUT2D eigenvalue weighted by Gasteiger charge is -2.24. The molecule has 0 saturated carbocycles. The minimum atomic E-state index is -0.789. The van der Waals surface area contributed by atoms with Crippen LogP contribution in [0.3, 0.4) is 0 Å². The van der Waals surface area contributed by atoms with Gasteiger partial charge in [-0.3, -0.25) is 9.80 Å². The first kappa shape index (κ1) is 14.8. The number of hydrogen-bond acceptors (Lipinski definition) is 6. The molecule has 0 aliphatic carbocycles. The summed E-state index contributed by atoms with van der Waals surface area (Å²) < 4.78 is 0. The van der Waals surface area contributed by atoms with E-state index in [0.29, 0.717) is 11.7 Å². The van der Waals surface area contributed by atoms with Crippen molar-refractivity contribution in [2.45, 2.75) is 12.7 Å². The van der Waals surface area contributed by atoms with Crippen molar-refractivity contribution in [2.24, 2.45) is 10.3 Å². The maximum Gasteiger partial charge on any atom is 0.186 e. The average Bonchev–Trinajstić information content (AvgIpc) is 2.74. The number of hydrogen-bond donors (Lipinski definition) is 0. The van der Waals surface area contributed by atoms with E-state index in [4.69, 9.17) is 11.6 Å². The molecule has 1 aromatic rings. The molecule has 1 fully saturated rings. The maximum atomic E-state index is 10.2. The first-order valence-electron chi connectivity index (χ1n) is 6.13. The molecule has 8 nitrogen and oxygen atoms in total. The molecule has 1 atom stereocenters. The standard InChI is InChI=1S/C11H15ClN6O2/c1-16-4-5-17(11(16)7-14-15-18(19)20)8-9-2-3-10(12)13-6-9/h2-3,6,11H,4-5,7-8H2,1H3. The summed E-state index contributed by atoms with van der Waals surface area (Å²) >= 11 is 5.75. The Bertz CT molecular complexity index is 494. The van der Waals surface area contributed by atoms with Crippen molar-refractivity contribution in [3.63, 3.8) is 0 Å². The van der Waals surface area contributed by atoms with E-state index in [-0.39, 0.29) is 12.7 Å². The molecule has 2 rings (SSSR count). The predicted molar refractivity (Wildman–Crippen MR) is 72.8 cm³/mol. The van der Waals surface area contributed by atoms with Gasteiger partial charge in [0.05, 0.1) is 5.03 Å². The summed E-state index contributed by atoms with van der Waals surface area (Å²) in [7, 11) is 1.96. The maximum absolute atomic E-state index is 10.2. The van der Waals surface area contributed by atoms with E-state index < -0.39 is 5.03 Å². The third kappa shape index (κ3) is 3.92. The van der Waals surface area contributed by atoms with Crippen LogP contribution in [-0.2, 0) is 6.54 Å². The molecular formula is C11H15ClN6O2. The lowest BCUT2D eigenvalue weighted by atomic mass is 10.2. The number of likely N-dealkylation sites (N-methyl/N-ethyl adjacent to an activating group) is 1. The van der Waals surface area contributed by atoms with Crippen LogP contribution < -0.4 is 0 Å². The molecule has 0 bridgehead atoms. The Morgan fingerprint density at radius 1 is 1.55 bits per heavy atom. The number of nitrogens with zero attached hydrogens (tertiary/aromatic N) is 6. The van der Waals surface area contributed by atoms with E-state index in [2.05, 4.69) is 25.1 Å². The van der Waals surface area contributed by atoms with Gasteiger partial charge in [0.25, 0.3) is 0 Å². The van der Waals surface area contributed by atoms with Gasteiger partial charge in [-0.2, -0.15) is 0 Å². The van der Waals surface area contributed by atoms with Gasteiger partial charge in [-0.25, -0.2) is 4.98 Å². The highest BCUT2D eigenvalue weighted by molar-refractivity contribution is 6.29. The first-order chi connectivity index (χ1) is 9.56. The summed E-state index contributed by atoms with van der Waals surface area (Å²) in [4.78, 5) is 18.5. The van der Waals surface area contributed by atoms with Gasteiger partial charge in [-0.15, -0.1) is 0 Å². The Hall–Kier alpha value is -1.64. The normalized spacial score (nSPS) is 20.8. The van der Waals surface area contributed by atoms with Crippen molar-refractivity contribution in [3.05, 3.63) is 39.2 Å². The molecule has 1 aromatic heterocycles. The topological polar surface area (TPSA) is 87.2 Å². The van der Waals surface area contributed by atoms with E-state index in [0.717, 1.165) is 18.7 Å². The second-order valence-electron chi connectivity index (χ2n) is 4.57. The van der Waals surface area contributed by atoms with Gasteiger partial charge in [0, 0.05) is 30.9 Å². The van der Waals surface area contributed by atoms with Crippen LogP contribution in [0.25, 0.3) is 0 Å². The third-order valence-corrected chi connectivity index (χ3v) is 3.45. The zero-order chi connectivity index (χ0) is 14.5. The summed E-state index contributed by atoms with van der Waals surface area (Å²) in [5.41, 5.74) is 1.04. The number of nitro groups is 1. The van der Waals surface area contributed by atoms with Gasteiger partial charge in [0.2, 0.25) is 0 Å². The van der Waals surface area contributed by atoms with Crippen molar-refractivity contribution in [1.82, 2.24) is 14.8 Å². The van der Waals surface area contributed by atoms with Crippen LogP contribution in [-0.4, -0.2) is 52.7 Å². The van der Waals surface area contributed by atoms with E-state index in [1.165, 1.54) is 0 Å². The number of rotatable bonds is 5. The molecular weight excluding hydrogens is 284 g/mol. The molecule has 0 amide bonds. The minimum absolute atomic E-state index is 0.00868. The molecule has 2 heterocycles. The molecule has 0 radical (unpaired) electrons. The molecule has 0 spiro atoms. The quantitative estimate of drug-likeness (QED) is 0.355. The van der Waals surface area contributed by atoms with Crippen LogP contribution in [0.2, 0.25) is 5.15 Å². The number of aromatic nitrogens is 1. The van der Waals surface area contributed by atoms with Gasteiger partial charge >= 0.3 is 0 Å². The number of pyridine rings is 1. The van der Waals surface area contributed by atoms with Crippen molar-refractivity contribution >= 4 is 11.6 Å². The molecule has 0 N–H and O–H groups in total. The second kappa shape index (κ2) is 6.69. The Morgan fingerprint density at radius 3 is 3.00 bits per heavy atom. The van der Waals surface area contributed by atoms with Gasteiger partial charge in [-0.1, -0.05) is 17.7 Å². The van der Waals surface area contributed by atoms with Crippen LogP contribution in [0.1, 0.15) is 5.56 Å². The summed E-state index contributed by atoms with van der Waals surface area (Å²) in [5, 5.41) is 16.4. The molecule has 108 valence electrons. The van der Waals surface area contributed by atoms with Crippen molar-refractivity contribution < 1.29 is 5.03 Å². The smallest absolute Gasteiger partial charge is 0.186 e. The lowest BCUT2D eigenvalue weighted by molar-refractivity contribution is -0.494. The first-order valence-corrected chi connectivity index (χ1v) is 6.50. The molecule has 9 heteroatoms. The molecule has 1 saturated heterocycles. The monoisotopic (exact) mass is 298 g/mol. The van der Waals surface area contributed by atoms with Gasteiger partial charge in [0.15, 0.2) is 11.8 Å². The fraction of sp³-hybridized carbons (Fsp3) is 0.545. The van der Waals surface area contributed by atoms with E-state index in [1.54, 1.807) is 12.3 Å². The summed E-state index contributed by atoms with van der Waals surface area (Å²) in [6, 6.07) is 3.67. The van der Waals surface area contributed by atoms with Crippen LogP contribution in [0, 0.1) is 10.1 Å². The van der Waals surface area contributed by atoms with Crippen LogP contribution in [0.4, 0.5) is 0 Å². The van der Waals surface area contributed by atoms with E-state index in [9.17, 15) is 10.1 Å². The van der Waals surface area contributed by atoms with E-state index >= 15 is 0 Å². The highest BCUT2D eigenvalue weighted by atomic mass is 35.5. The summed E-state index contributed by atoms with van der Waals surface area (Å²) in [6.07, 6.45) is 1.74. The van der Waals surface area contributed by atoms with Crippen LogP contribution in [0.15, 0.2) is 28.7 Å². The minimum Gasteiger partial charge on any atom is -0.337 e. The van der Waals surface area contributed by atoms with Crippen molar-refractivity contribution in [1.29, 1.82) is 0 Å². The van der Waals surface area contributed by atoms with Crippen LogP contribution in [0.5, 0.6) is 0 Å². The lowest BCUT2D eigenvalue weighted by Crippen LogP contribution is -2.38. The SMILES string of the molecule is CN1CCN(Cc2ccc(Cl)nc2)C1CN=N[N+](=O)[O-]. The van der Waals surface area contributed by atoms with Gasteiger partial charge < -0.3 is 10.1 Å². The Morgan fingerprint density at radius 2 is 2.35 bits per heavy atom. The number of halogens is 1. The fourth-order valence-corrected chi connectivity index (χ4v) is 2.31. The Kier molecular flexibility index (Phi) is 4.94. The van der Waals surface area contributed by atoms with Gasteiger partial charge in [-0.05, 0) is 18.7 Å². The van der Waals surface area contributed by atoms with E-state index in [1.807, 2.05) is 13.1 Å². The van der Waals surface area contributed by atoms with Crippen LogP contribution >= 0.6 is 11.6 Å². The summed E-state index contributed by atoms with van der Waals surface area (Å²) in [6.45, 7) is 2.74. The highest BCUT2D eigenvalue weighted by Gasteiger charge is 2.31. The largest absolute Gasteiger partial charge is 0.337 e. The average molecular weight is 299 g/mol. The van der Waals surface area contributed by atoms with Gasteiger partial charge in [0.1, 0.15) is 11.3 Å². The third-order valence-electron chi connectivity index (χ3n) is 3.23. The fourth-order valence-electron chi connectivity index (χ4n) is 2.20. The van der Waals surface area contributed by atoms with Crippen molar-refractivity contribution in [3.8, 4) is 0 Å². The highest BCUT2D eigenvalue weighted by Crippen LogP contribution is 2.17.